The standard InChI is InChI=1S/C13H17N3O/c1-10(2)17-13-8-15-16(9-13)12-5-3-11(7-14)4-6-12/h3-6,8-10H,7,14H2,1-2H3. The smallest absolute Gasteiger partial charge is 0.158 e. The Balaban J connectivity index is 2.18. The molecule has 0 bridgehead atoms. The van der Waals surface area contributed by atoms with Gasteiger partial charge in [-0.1, -0.05) is 12.1 Å². The molecule has 1 heterocycles. The number of rotatable bonds is 4. The largest absolute Gasteiger partial charge is 0.488 e. The van der Waals surface area contributed by atoms with Gasteiger partial charge in [-0.15, -0.1) is 0 Å². The fourth-order valence-corrected chi connectivity index (χ4v) is 1.57. The average molecular weight is 231 g/mol. The summed E-state index contributed by atoms with van der Waals surface area (Å²) >= 11 is 0. The third-order valence-corrected chi connectivity index (χ3v) is 2.37. The van der Waals surface area contributed by atoms with Crippen LogP contribution in [0.4, 0.5) is 0 Å². The number of nitrogens with two attached hydrogens (primary N) is 1. The maximum atomic E-state index is 5.56. The monoisotopic (exact) mass is 231 g/mol. The van der Waals surface area contributed by atoms with E-state index in [0.717, 1.165) is 17.0 Å². The van der Waals surface area contributed by atoms with Crippen LogP contribution >= 0.6 is 0 Å². The maximum Gasteiger partial charge on any atom is 0.158 e. The lowest BCUT2D eigenvalue weighted by molar-refractivity contribution is 0.242. The Morgan fingerprint density at radius 1 is 1.29 bits per heavy atom. The van der Waals surface area contributed by atoms with Crippen molar-refractivity contribution in [2.75, 3.05) is 0 Å². The van der Waals surface area contributed by atoms with E-state index in [-0.39, 0.29) is 6.10 Å². The van der Waals surface area contributed by atoms with Gasteiger partial charge in [0, 0.05) is 6.54 Å². The Kier molecular flexibility index (Phi) is 3.44. The van der Waals surface area contributed by atoms with Crippen molar-refractivity contribution in [2.24, 2.45) is 5.73 Å². The Bertz CT molecular complexity index is 474. The van der Waals surface area contributed by atoms with Crippen LogP contribution in [0.2, 0.25) is 0 Å². The fourth-order valence-electron chi connectivity index (χ4n) is 1.57. The van der Waals surface area contributed by atoms with E-state index in [4.69, 9.17) is 10.5 Å². The van der Waals surface area contributed by atoms with Gasteiger partial charge >= 0.3 is 0 Å². The van der Waals surface area contributed by atoms with E-state index < -0.39 is 0 Å². The summed E-state index contributed by atoms with van der Waals surface area (Å²) in [5.74, 6) is 0.780. The highest BCUT2D eigenvalue weighted by Crippen LogP contribution is 2.15. The highest BCUT2D eigenvalue weighted by molar-refractivity contribution is 5.35. The number of nitrogens with zero attached hydrogens (tertiary/aromatic N) is 2. The van der Waals surface area contributed by atoms with Crippen LogP contribution in [0.3, 0.4) is 0 Å². The van der Waals surface area contributed by atoms with Crippen LogP contribution in [0.25, 0.3) is 5.69 Å². The van der Waals surface area contributed by atoms with E-state index in [1.54, 1.807) is 10.9 Å². The van der Waals surface area contributed by atoms with Gasteiger partial charge in [0.05, 0.1) is 24.2 Å². The maximum absolute atomic E-state index is 5.56. The van der Waals surface area contributed by atoms with Crippen LogP contribution in [0.1, 0.15) is 19.4 Å². The average Bonchev–Trinajstić information content (AvgIpc) is 2.77. The van der Waals surface area contributed by atoms with Gasteiger partial charge in [-0.05, 0) is 31.5 Å². The summed E-state index contributed by atoms with van der Waals surface area (Å²) in [4.78, 5) is 0. The zero-order valence-electron chi connectivity index (χ0n) is 10.1. The molecule has 90 valence electrons. The van der Waals surface area contributed by atoms with E-state index in [2.05, 4.69) is 5.10 Å². The molecule has 0 aliphatic rings. The van der Waals surface area contributed by atoms with Crippen LogP contribution < -0.4 is 10.5 Å². The third kappa shape index (κ3) is 2.85. The number of hydrogen-bond acceptors (Lipinski definition) is 3. The summed E-state index contributed by atoms with van der Waals surface area (Å²) in [6, 6.07) is 7.99. The molecule has 1 aromatic carbocycles. The molecule has 0 aliphatic carbocycles. The zero-order valence-corrected chi connectivity index (χ0v) is 10.1. The summed E-state index contributed by atoms with van der Waals surface area (Å²) in [6.45, 7) is 4.54. The second kappa shape index (κ2) is 5.01. The van der Waals surface area contributed by atoms with Gasteiger partial charge < -0.3 is 10.5 Å². The summed E-state index contributed by atoms with van der Waals surface area (Å²) in [5.41, 5.74) is 7.67. The van der Waals surface area contributed by atoms with Crippen molar-refractivity contribution in [2.45, 2.75) is 26.5 Å². The number of aromatic nitrogens is 2. The van der Waals surface area contributed by atoms with Crippen molar-refractivity contribution < 1.29 is 4.74 Å². The minimum atomic E-state index is 0.160. The second-order valence-electron chi connectivity index (χ2n) is 4.16. The first kappa shape index (κ1) is 11.7. The first-order valence-electron chi connectivity index (χ1n) is 5.70. The predicted octanol–water partition coefficient (Wildman–Crippen LogP) is 2.12. The summed E-state index contributed by atoms with van der Waals surface area (Å²) < 4.78 is 7.35. The van der Waals surface area contributed by atoms with Gasteiger partial charge in [0.2, 0.25) is 0 Å². The van der Waals surface area contributed by atoms with Crippen molar-refractivity contribution in [1.29, 1.82) is 0 Å². The highest BCUT2D eigenvalue weighted by atomic mass is 16.5. The molecule has 4 heteroatoms. The Hall–Kier alpha value is -1.81. The molecule has 2 aromatic rings. The lowest BCUT2D eigenvalue weighted by Crippen LogP contribution is -2.04. The minimum Gasteiger partial charge on any atom is -0.488 e. The zero-order chi connectivity index (χ0) is 12.3. The lowest BCUT2D eigenvalue weighted by atomic mass is 10.2. The van der Waals surface area contributed by atoms with Gasteiger partial charge in [0.1, 0.15) is 0 Å². The van der Waals surface area contributed by atoms with Crippen molar-refractivity contribution in [3.8, 4) is 11.4 Å². The molecule has 0 atom stereocenters. The quantitative estimate of drug-likeness (QED) is 0.876. The molecule has 0 aliphatic heterocycles. The Morgan fingerprint density at radius 3 is 2.59 bits per heavy atom. The molecule has 0 spiro atoms. The molecule has 1 aromatic heterocycles. The summed E-state index contributed by atoms with van der Waals surface area (Å²) in [6.07, 6.45) is 3.75. The third-order valence-electron chi connectivity index (χ3n) is 2.37. The molecule has 0 fully saturated rings. The fraction of sp³-hybridized carbons (Fsp3) is 0.308. The van der Waals surface area contributed by atoms with E-state index in [1.165, 1.54) is 0 Å². The van der Waals surface area contributed by atoms with Crippen LogP contribution in [-0.2, 0) is 6.54 Å². The molecule has 4 nitrogen and oxygen atoms in total. The van der Waals surface area contributed by atoms with Gasteiger partial charge in [0.25, 0.3) is 0 Å². The minimum absolute atomic E-state index is 0.160. The van der Waals surface area contributed by atoms with E-state index >= 15 is 0 Å². The SMILES string of the molecule is CC(C)Oc1cnn(-c2ccc(CN)cc2)c1. The first-order valence-corrected chi connectivity index (χ1v) is 5.70. The highest BCUT2D eigenvalue weighted by Gasteiger charge is 2.03. The summed E-state index contributed by atoms with van der Waals surface area (Å²) in [7, 11) is 0. The van der Waals surface area contributed by atoms with Crippen LogP contribution in [0.15, 0.2) is 36.7 Å². The molecular formula is C13H17N3O. The van der Waals surface area contributed by atoms with Gasteiger partial charge in [-0.25, -0.2) is 4.68 Å². The lowest BCUT2D eigenvalue weighted by Gasteiger charge is -2.05. The van der Waals surface area contributed by atoms with Crippen LogP contribution in [0.5, 0.6) is 5.75 Å². The van der Waals surface area contributed by atoms with E-state index in [0.29, 0.717) is 6.54 Å². The first-order chi connectivity index (χ1) is 8.19. The second-order valence-corrected chi connectivity index (χ2v) is 4.16. The number of ether oxygens (including phenoxy) is 1. The predicted molar refractivity (Wildman–Crippen MR) is 67.2 cm³/mol. The van der Waals surface area contributed by atoms with E-state index in [1.807, 2.05) is 44.3 Å². The molecule has 0 saturated heterocycles. The molecule has 0 saturated carbocycles. The summed E-state index contributed by atoms with van der Waals surface area (Å²) in [5, 5.41) is 4.26. The van der Waals surface area contributed by atoms with E-state index in [9.17, 15) is 0 Å². The van der Waals surface area contributed by atoms with Crippen molar-refractivity contribution in [3.05, 3.63) is 42.2 Å². The molecule has 0 amide bonds. The van der Waals surface area contributed by atoms with Crippen LogP contribution in [-0.4, -0.2) is 15.9 Å². The number of benzene rings is 1. The van der Waals surface area contributed by atoms with Crippen molar-refractivity contribution in [3.63, 3.8) is 0 Å². The molecule has 0 unspecified atom stereocenters. The molecule has 17 heavy (non-hydrogen) atoms. The van der Waals surface area contributed by atoms with Crippen molar-refractivity contribution in [1.82, 2.24) is 9.78 Å². The van der Waals surface area contributed by atoms with Gasteiger partial charge in [-0.3, -0.25) is 0 Å². The molecular weight excluding hydrogens is 214 g/mol. The van der Waals surface area contributed by atoms with Gasteiger partial charge in [0.15, 0.2) is 5.75 Å². The van der Waals surface area contributed by atoms with Crippen LogP contribution in [0, 0.1) is 0 Å². The Labute approximate surface area is 101 Å². The van der Waals surface area contributed by atoms with Crippen molar-refractivity contribution >= 4 is 0 Å². The molecule has 2 rings (SSSR count). The molecule has 0 radical (unpaired) electrons. The number of hydrogen-bond donors (Lipinski definition) is 1. The topological polar surface area (TPSA) is 53.1 Å². The Morgan fingerprint density at radius 2 is 2.00 bits per heavy atom. The molecule has 2 N–H and O–H groups in total. The normalized spacial score (nSPS) is 10.8. The van der Waals surface area contributed by atoms with Gasteiger partial charge in [-0.2, -0.15) is 5.10 Å².